The molecule has 0 radical (unpaired) electrons. The van der Waals surface area contributed by atoms with Gasteiger partial charge in [-0.1, -0.05) is 49.4 Å². The van der Waals surface area contributed by atoms with Crippen molar-refractivity contribution in [1.82, 2.24) is 5.32 Å². The molecule has 4 heteroatoms. The second-order valence-electron chi connectivity index (χ2n) is 6.07. The highest BCUT2D eigenvalue weighted by molar-refractivity contribution is 5.76. The maximum atomic E-state index is 12.9. The van der Waals surface area contributed by atoms with E-state index in [0.29, 0.717) is 12.0 Å². The van der Waals surface area contributed by atoms with E-state index in [-0.39, 0.29) is 24.2 Å². The molecular formula is C19H22FNO2. The predicted molar refractivity (Wildman–Crippen MR) is 88.5 cm³/mol. The molecule has 3 nitrogen and oxygen atoms in total. The smallest absolute Gasteiger partial charge is 0.220 e. The van der Waals surface area contributed by atoms with Gasteiger partial charge in [0.1, 0.15) is 11.4 Å². The topological polar surface area (TPSA) is 49.3 Å². The van der Waals surface area contributed by atoms with Crippen LogP contribution in [0.2, 0.25) is 0 Å². The minimum atomic E-state index is -1.24. The molecule has 0 spiro atoms. The molecule has 0 aliphatic rings. The first-order valence-corrected chi connectivity index (χ1v) is 7.68. The molecule has 0 saturated carbocycles. The molecule has 122 valence electrons. The first kappa shape index (κ1) is 17.2. The number of aliphatic hydroxyl groups is 1. The van der Waals surface area contributed by atoms with Crippen LogP contribution in [0.25, 0.3) is 0 Å². The number of hydrogen-bond acceptors (Lipinski definition) is 2. The largest absolute Gasteiger partial charge is 0.384 e. The van der Waals surface area contributed by atoms with Crippen LogP contribution in [0.3, 0.4) is 0 Å². The minimum absolute atomic E-state index is 0.0823. The van der Waals surface area contributed by atoms with Crippen molar-refractivity contribution in [2.45, 2.75) is 31.8 Å². The van der Waals surface area contributed by atoms with Crippen molar-refractivity contribution in [3.63, 3.8) is 0 Å². The highest BCUT2D eigenvalue weighted by Crippen LogP contribution is 2.21. The van der Waals surface area contributed by atoms with Crippen LogP contribution in [0.1, 0.15) is 37.3 Å². The van der Waals surface area contributed by atoms with Crippen LogP contribution in [0.15, 0.2) is 54.6 Å². The van der Waals surface area contributed by atoms with Crippen molar-refractivity contribution >= 4 is 5.91 Å². The Balaban J connectivity index is 1.89. The predicted octanol–water partition coefficient (Wildman–Crippen LogP) is 3.34. The Labute approximate surface area is 136 Å². The fourth-order valence-electron chi connectivity index (χ4n) is 2.43. The SMILES string of the molecule is CC(CC(=O)NCC(C)(O)c1ccc(F)cc1)c1ccccc1. The third kappa shape index (κ3) is 4.89. The molecule has 2 aromatic rings. The van der Waals surface area contributed by atoms with Crippen molar-refractivity contribution in [2.24, 2.45) is 0 Å². The van der Waals surface area contributed by atoms with Gasteiger partial charge >= 0.3 is 0 Å². The van der Waals surface area contributed by atoms with Crippen molar-refractivity contribution in [3.05, 3.63) is 71.5 Å². The normalized spacial score (nSPS) is 14.8. The summed E-state index contributed by atoms with van der Waals surface area (Å²) in [5, 5.41) is 13.2. The van der Waals surface area contributed by atoms with Crippen LogP contribution < -0.4 is 5.32 Å². The summed E-state index contributed by atoms with van der Waals surface area (Å²) in [4.78, 5) is 12.1. The van der Waals surface area contributed by atoms with Crippen LogP contribution in [0, 0.1) is 5.82 Å². The lowest BCUT2D eigenvalue weighted by atomic mass is 9.95. The zero-order valence-electron chi connectivity index (χ0n) is 13.4. The number of amides is 1. The number of carbonyl (C=O) groups is 1. The summed E-state index contributed by atoms with van der Waals surface area (Å²) in [6.45, 7) is 3.67. The zero-order chi connectivity index (χ0) is 16.9. The van der Waals surface area contributed by atoms with Crippen LogP contribution in [-0.4, -0.2) is 17.6 Å². The molecular weight excluding hydrogens is 293 g/mol. The summed E-state index contributed by atoms with van der Waals surface area (Å²) in [6.07, 6.45) is 0.351. The molecule has 0 heterocycles. The number of benzene rings is 2. The van der Waals surface area contributed by atoms with E-state index in [1.165, 1.54) is 24.3 Å². The van der Waals surface area contributed by atoms with Crippen molar-refractivity contribution in [2.75, 3.05) is 6.54 Å². The molecule has 2 unspecified atom stereocenters. The van der Waals surface area contributed by atoms with Gasteiger partial charge in [-0.3, -0.25) is 4.79 Å². The Morgan fingerprint density at radius 3 is 2.39 bits per heavy atom. The third-order valence-corrected chi connectivity index (χ3v) is 3.96. The molecule has 2 atom stereocenters. The molecule has 1 amide bonds. The first-order chi connectivity index (χ1) is 10.9. The number of hydrogen-bond donors (Lipinski definition) is 2. The quantitative estimate of drug-likeness (QED) is 0.859. The number of nitrogens with one attached hydrogen (secondary N) is 1. The zero-order valence-corrected chi connectivity index (χ0v) is 13.4. The van der Waals surface area contributed by atoms with Gasteiger partial charge in [0.25, 0.3) is 0 Å². The molecule has 0 aliphatic heterocycles. The van der Waals surface area contributed by atoms with Crippen molar-refractivity contribution < 1.29 is 14.3 Å². The monoisotopic (exact) mass is 315 g/mol. The standard InChI is InChI=1S/C19H22FNO2/c1-14(15-6-4-3-5-7-15)12-18(22)21-13-19(2,23)16-8-10-17(20)11-9-16/h3-11,14,23H,12-13H2,1-2H3,(H,21,22). The molecule has 0 bridgehead atoms. The maximum absolute atomic E-state index is 12.9. The number of rotatable bonds is 6. The van der Waals surface area contributed by atoms with Crippen LogP contribution in [0.4, 0.5) is 4.39 Å². The molecule has 0 fully saturated rings. The molecule has 23 heavy (non-hydrogen) atoms. The second-order valence-corrected chi connectivity index (χ2v) is 6.07. The minimum Gasteiger partial charge on any atom is -0.384 e. The molecule has 2 N–H and O–H groups in total. The second kappa shape index (κ2) is 7.38. The molecule has 2 aromatic carbocycles. The van der Waals surface area contributed by atoms with E-state index in [0.717, 1.165) is 5.56 Å². The van der Waals surface area contributed by atoms with Crippen LogP contribution in [-0.2, 0) is 10.4 Å². The van der Waals surface area contributed by atoms with E-state index in [2.05, 4.69) is 5.32 Å². The van der Waals surface area contributed by atoms with Crippen molar-refractivity contribution in [3.8, 4) is 0 Å². The summed E-state index contributed by atoms with van der Waals surface area (Å²) in [7, 11) is 0. The average Bonchev–Trinajstić information content (AvgIpc) is 2.54. The van der Waals surface area contributed by atoms with Crippen LogP contribution >= 0.6 is 0 Å². The highest BCUT2D eigenvalue weighted by atomic mass is 19.1. The van der Waals surface area contributed by atoms with Crippen LogP contribution in [0.5, 0.6) is 0 Å². The first-order valence-electron chi connectivity index (χ1n) is 7.68. The lowest BCUT2D eigenvalue weighted by Crippen LogP contribution is -2.38. The number of halogens is 1. The van der Waals surface area contributed by atoms with Gasteiger partial charge in [0.05, 0.1) is 6.54 Å². The fourth-order valence-corrected chi connectivity index (χ4v) is 2.43. The summed E-state index contributed by atoms with van der Waals surface area (Å²) < 4.78 is 12.9. The fraction of sp³-hybridized carbons (Fsp3) is 0.316. The van der Waals surface area contributed by atoms with E-state index >= 15 is 0 Å². The Kier molecular flexibility index (Phi) is 5.50. The molecule has 0 aliphatic carbocycles. The van der Waals surface area contributed by atoms with E-state index in [4.69, 9.17) is 0 Å². The van der Waals surface area contributed by atoms with Gasteiger partial charge in [-0.15, -0.1) is 0 Å². The number of carbonyl (C=O) groups excluding carboxylic acids is 1. The molecule has 2 rings (SSSR count). The van der Waals surface area contributed by atoms with Gasteiger partial charge < -0.3 is 10.4 Å². The van der Waals surface area contributed by atoms with Gasteiger partial charge in [0, 0.05) is 6.42 Å². The lowest BCUT2D eigenvalue weighted by molar-refractivity contribution is -0.122. The Morgan fingerprint density at radius 1 is 1.17 bits per heavy atom. The van der Waals surface area contributed by atoms with E-state index in [9.17, 15) is 14.3 Å². The summed E-state index contributed by atoms with van der Waals surface area (Å²) in [6, 6.07) is 15.5. The van der Waals surface area contributed by atoms with E-state index in [1.54, 1.807) is 6.92 Å². The molecule has 0 aromatic heterocycles. The van der Waals surface area contributed by atoms with E-state index in [1.807, 2.05) is 37.3 Å². The highest BCUT2D eigenvalue weighted by Gasteiger charge is 2.24. The lowest BCUT2D eigenvalue weighted by Gasteiger charge is -2.24. The Bertz CT molecular complexity index is 638. The van der Waals surface area contributed by atoms with Gasteiger partial charge in [-0.2, -0.15) is 0 Å². The van der Waals surface area contributed by atoms with Gasteiger partial charge in [0.2, 0.25) is 5.91 Å². The van der Waals surface area contributed by atoms with E-state index < -0.39 is 5.60 Å². The van der Waals surface area contributed by atoms with Gasteiger partial charge in [-0.25, -0.2) is 4.39 Å². The summed E-state index contributed by atoms with van der Waals surface area (Å²) in [5.74, 6) is -0.374. The van der Waals surface area contributed by atoms with Crippen molar-refractivity contribution in [1.29, 1.82) is 0 Å². The molecule has 0 saturated heterocycles. The average molecular weight is 315 g/mol. The Morgan fingerprint density at radius 2 is 1.78 bits per heavy atom. The Hall–Kier alpha value is -2.20. The third-order valence-electron chi connectivity index (χ3n) is 3.96. The summed E-state index contributed by atoms with van der Waals surface area (Å²) in [5.41, 5.74) is 0.433. The van der Waals surface area contributed by atoms with Gasteiger partial charge in [-0.05, 0) is 36.1 Å². The van der Waals surface area contributed by atoms with Gasteiger partial charge in [0.15, 0.2) is 0 Å². The summed E-state index contributed by atoms with van der Waals surface area (Å²) >= 11 is 0. The maximum Gasteiger partial charge on any atom is 0.220 e.